The van der Waals surface area contributed by atoms with Crippen LogP contribution in [0, 0.1) is 10.1 Å². The van der Waals surface area contributed by atoms with Crippen LogP contribution >= 0.6 is 0 Å². The minimum Gasteiger partial charge on any atom is -0.322 e. The first-order chi connectivity index (χ1) is 14.0. The Morgan fingerprint density at radius 3 is 2.66 bits per heavy atom. The monoisotopic (exact) mass is 388 g/mol. The lowest BCUT2D eigenvalue weighted by Gasteiger charge is -2.18. The van der Waals surface area contributed by atoms with E-state index >= 15 is 0 Å². The largest absolute Gasteiger partial charge is 0.322 e. The van der Waals surface area contributed by atoms with Crippen LogP contribution in [0.5, 0.6) is 0 Å². The smallest absolute Gasteiger partial charge is 0.270 e. The van der Waals surface area contributed by atoms with Gasteiger partial charge in [-0.25, -0.2) is 0 Å². The van der Waals surface area contributed by atoms with Gasteiger partial charge in [-0.1, -0.05) is 12.1 Å². The lowest BCUT2D eigenvalue weighted by molar-refractivity contribution is -0.384. The first kappa shape index (κ1) is 18.3. The van der Waals surface area contributed by atoms with E-state index in [1.807, 2.05) is 6.07 Å². The molecule has 2 amide bonds. The second-order valence-electron chi connectivity index (χ2n) is 6.55. The van der Waals surface area contributed by atoms with Crippen molar-refractivity contribution in [2.45, 2.75) is 6.42 Å². The summed E-state index contributed by atoms with van der Waals surface area (Å²) in [5, 5.41) is 13.7. The predicted molar refractivity (Wildman–Crippen MR) is 107 cm³/mol. The van der Waals surface area contributed by atoms with E-state index in [-0.39, 0.29) is 17.2 Å². The highest BCUT2D eigenvalue weighted by molar-refractivity contribution is 6.08. The number of nitrogens with zero attached hydrogens (tertiary/aromatic N) is 3. The van der Waals surface area contributed by atoms with E-state index in [9.17, 15) is 19.7 Å². The van der Waals surface area contributed by atoms with E-state index in [4.69, 9.17) is 0 Å². The highest BCUT2D eigenvalue weighted by atomic mass is 16.6. The molecule has 29 heavy (non-hydrogen) atoms. The number of hydrogen-bond acceptors (Lipinski definition) is 5. The Morgan fingerprint density at radius 2 is 1.90 bits per heavy atom. The van der Waals surface area contributed by atoms with Gasteiger partial charge in [0.25, 0.3) is 17.5 Å². The molecule has 0 atom stereocenters. The van der Waals surface area contributed by atoms with E-state index < -0.39 is 10.8 Å². The molecule has 0 bridgehead atoms. The number of aromatic nitrogens is 1. The number of rotatable bonds is 4. The van der Waals surface area contributed by atoms with Crippen LogP contribution in [0.1, 0.15) is 26.3 Å². The van der Waals surface area contributed by atoms with Gasteiger partial charge in [-0.3, -0.25) is 24.7 Å². The number of carbonyl (C=O) groups excluding carboxylic acids is 2. The van der Waals surface area contributed by atoms with Crippen LogP contribution in [0.2, 0.25) is 0 Å². The van der Waals surface area contributed by atoms with Crippen molar-refractivity contribution in [2.24, 2.45) is 0 Å². The molecule has 1 N–H and O–H groups in total. The molecule has 8 nitrogen and oxygen atoms in total. The Balaban J connectivity index is 1.57. The van der Waals surface area contributed by atoms with Crippen molar-refractivity contribution in [3.63, 3.8) is 0 Å². The maximum Gasteiger partial charge on any atom is 0.270 e. The van der Waals surface area contributed by atoms with Crippen molar-refractivity contribution in [1.29, 1.82) is 0 Å². The van der Waals surface area contributed by atoms with Gasteiger partial charge >= 0.3 is 0 Å². The summed E-state index contributed by atoms with van der Waals surface area (Å²) in [6.07, 6.45) is 3.85. The molecule has 2 heterocycles. The molecule has 1 aliphatic heterocycles. The molecule has 0 saturated heterocycles. The maximum absolute atomic E-state index is 12.8. The molecular weight excluding hydrogens is 372 g/mol. The molecule has 0 radical (unpaired) electrons. The second kappa shape index (κ2) is 7.51. The third-order valence-electron chi connectivity index (χ3n) is 4.71. The molecule has 0 aliphatic carbocycles. The number of nitrogens with one attached hydrogen (secondary N) is 1. The molecular formula is C21H16N4O4. The van der Waals surface area contributed by atoms with Crippen LogP contribution in [0.4, 0.5) is 17.1 Å². The van der Waals surface area contributed by atoms with Crippen molar-refractivity contribution < 1.29 is 14.5 Å². The van der Waals surface area contributed by atoms with Crippen LogP contribution in [0.15, 0.2) is 67.0 Å². The van der Waals surface area contributed by atoms with E-state index in [1.165, 1.54) is 30.5 Å². The van der Waals surface area contributed by atoms with Gasteiger partial charge in [0, 0.05) is 48.0 Å². The van der Waals surface area contributed by atoms with Crippen LogP contribution in [0.3, 0.4) is 0 Å². The third kappa shape index (κ3) is 3.68. The van der Waals surface area contributed by atoms with Gasteiger partial charge < -0.3 is 10.2 Å². The van der Waals surface area contributed by atoms with E-state index in [2.05, 4.69) is 10.3 Å². The number of fused-ring (bicyclic) bond motifs is 1. The van der Waals surface area contributed by atoms with E-state index in [1.54, 1.807) is 35.4 Å². The standard InChI is InChI=1S/C21H16N4O4/c26-20(15-3-1-5-18(11-15)25(28)29)23-17-7-6-14-8-10-24(19(14)12-17)21(27)16-4-2-9-22-13-16/h1-7,9,11-13H,8,10H2,(H,23,26). The minimum absolute atomic E-state index is 0.153. The van der Waals surface area contributed by atoms with Crippen LogP contribution < -0.4 is 10.2 Å². The van der Waals surface area contributed by atoms with Gasteiger partial charge in [0.05, 0.1) is 10.5 Å². The lowest BCUT2D eigenvalue weighted by Crippen LogP contribution is -2.29. The topological polar surface area (TPSA) is 105 Å². The summed E-state index contributed by atoms with van der Waals surface area (Å²) in [5.74, 6) is -0.615. The van der Waals surface area contributed by atoms with Gasteiger partial charge in [0.2, 0.25) is 0 Å². The van der Waals surface area contributed by atoms with Crippen LogP contribution in [-0.2, 0) is 6.42 Å². The number of nitro benzene ring substituents is 1. The van der Waals surface area contributed by atoms with Gasteiger partial charge in [0.15, 0.2) is 0 Å². The van der Waals surface area contributed by atoms with Crippen LogP contribution in [0.25, 0.3) is 0 Å². The molecule has 144 valence electrons. The summed E-state index contributed by atoms with van der Waals surface area (Å²) in [6.45, 7) is 0.547. The highest BCUT2D eigenvalue weighted by Crippen LogP contribution is 2.32. The number of anilines is 2. The molecule has 0 unspecified atom stereocenters. The number of amides is 2. The Labute approximate surface area is 166 Å². The van der Waals surface area contributed by atoms with Gasteiger partial charge in [-0.2, -0.15) is 0 Å². The zero-order valence-electron chi connectivity index (χ0n) is 15.2. The fourth-order valence-electron chi connectivity index (χ4n) is 3.28. The van der Waals surface area contributed by atoms with Crippen molar-refractivity contribution in [1.82, 2.24) is 4.98 Å². The van der Waals surface area contributed by atoms with Gasteiger partial charge in [0.1, 0.15) is 0 Å². The normalized spacial score (nSPS) is 12.3. The molecule has 4 rings (SSSR count). The summed E-state index contributed by atoms with van der Waals surface area (Å²) in [5.41, 5.74) is 2.77. The number of benzene rings is 2. The first-order valence-electron chi connectivity index (χ1n) is 8.93. The molecule has 0 saturated carbocycles. The van der Waals surface area contributed by atoms with Crippen LogP contribution in [-0.4, -0.2) is 28.3 Å². The number of carbonyl (C=O) groups is 2. The van der Waals surface area contributed by atoms with Crippen molar-refractivity contribution in [3.8, 4) is 0 Å². The molecule has 3 aromatic rings. The average molecular weight is 388 g/mol. The number of non-ortho nitro benzene ring substituents is 1. The fourth-order valence-corrected chi connectivity index (χ4v) is 3.28. The Morgan fingerprint density at radius 1 is 1.07 bits per heavy atom. The molecule has 1 aliphatic rings. The predicted octanol–water partition coefficient (Wildman–Crippen LogP) is 3.45. The summed E-state index contributed by atoms with van der Waals surface area (Å²) in [4.78, 5) is 41.3. The van der Waals surface area contributed by atoms with Crippen molar-refractivity contribution in [3.05, 3.63) is 93.8 Å². The molecule has 8 heteroatoms. The maximum atomic E-state index is 12.8. The van der Waals surface area contributed by atoms with E-state index in [0.717, 1.165) is 17.7 Å². The quantitative estimate of drug-likeness (QED) is 0.544. The number of nitro groups is 1. The number of pyridine rings is 1. The SMILES string of the molecule is O=C(Nc1ccc2c(c1)N(C(=O)c1cccnc1)CC2)c1cccc([N+](=O)[O-])c1. The fraction of sp³-hybridized carbons (Fsp3) is 0.0952. The number of hydrogen-bond donors (Lipinski definition) is 1. The third-order valence-corrected chi connectivity index (χ3v) is 4.71. The van der Waals surface area contributed by atoms with Crippen molar-refractivity contribution >= 4 is 28.9 Å². The Bertz CT molecular complexity index is 1110. The second-order valence-corrected chi connectivity index (χ2v) is 6.55. The molecule has 2 aromatic carbocycles. The molecule has 1 aromatic heterocycles. The molecule has 0 fully saturated rings. The average Bonchev–Trinajstić information content (AvgIpc) is 3.17. The zero-order valence-corrected chi connectivity index (χ0v) is 15.2. The first-order valence-corrected chi connectivity index (χ1v) is 8.93. The Kier molecular flexibility index (Phi) is 4.74. The van der Waals surface area contributed by atoms with E-state index in [0.29, 0.717) is 17.8 Å². The summed E-state index contributed by atoms with van der Waals surface area (Å²) in [6, 6.07) is 14.3. The summed E-state index contributed by atoms with van der Waals surface area (Å²) in [7, 11) is 0. The minimum atomic E-state index is -0.548. The highest BCUT2D eigenvalue weighted by Gasteiger charge is 2.26. The summed E-state index contributed by atoms with van der Waals surface area (Å²) >= 11 is 0. The zero-order chi connectivity index (χ0) is 20.4. The Hall–Kier alpha value is -4.07. The summed E-state index contributed by atoms with van der Waals surface area (Å²) < 4.78 is 0. The van der Waals surface area contributed by atoms with Crippen molar-refractivity contribution in [2.75, 3.05) is 16.8 Å². The van der Waals surface area contributed by atoms with Gasteiger partial charge in [-0.05, 0) is 42.3 Å². The van der Waals surface area contributed by atoms with Gasteiger partial charge in [-0.15, -0.1) is 0 Å². The molecule has 0 spiro atoms. The lowest BCUT2D eigenvalue weighted by atomic mass is 10.1.